The Kier molecular flexibility index (Phi) is 11.0. The van der Waals surface area contributed by atoms with E-state index < -0.39 is 23.3 Å². The van der Waals surface area contributed by atoms with Crippen LogP contribution >= 0.6 is 0 Å². The largest absolute Gasteiger partial charge is 0.444 e. The second-order valence-electron chi connectivity index (χ2n) is 11.5. The molecular formula is C28H45N3O4. The summed E-state index contributed by atoms with van der Waals surface area (Å²) in [6.07, 6.45) is 2.65. The molecule has 1 rings (SSSR count). The normalized spacial score (nSPS) is 13.5. The average Bonchev–Trinajstić information content (AvgIpc) is 2.71. The summed E-state index contributed by atoms with van der Waals surface area (Å²) in [7, 11) is 0. The first-order chi connectivity index (χ1) is 16.0. The lowest BCUT2D eigenvalue weighted by molar-refractivity contribution is -0.143. The number of ether oxygens (including phenoxy) is 1. The number of hydrogen-bond acceptors (Lipinski definition) is 4. The van der Waals surface area contributed by atoms with E-state index in [9.17, 15) is 14.4 Å². The molecule has 0 spiro atoms. The summed E-state index contributed by atoms with van der Waals surface area (Å²) >= 11 is 0. The Labute approximate surface area is 211 Å². The number of alkyl carbamates (subject to hydrolysis) is 1. The molecule has 35 heavy (non-hydrogen) atoms. The molecule has 0 aliphatic rings. The highest BCUT2D eigenvalue weighted by Gasteiger charge is 2.36. The predicted octanol–water partition coefficient (Wildman–Crippen LogP) is 5.46. The van der Waals surface area contributed by atoms with Crippen LogP contribution in [0.1, 0.15) is 92.3 Å². The van der Waals surface area contributed by atoms with Crippen LogP contribution < -0.4 is 10.6 Å². The quantitative estimate of drug-likeness (QED) is 0.458. The van der Waals surface area contributed by atoms with Gasteiger partial charge in [0.1, 0.15) is 18.2 Å². The molecule has 0 aromatic heterocycles. The van der Waals surface area contributed by atoms with Gasteiger partial charge in [-0.1, -0.05) is 44.7 Å². The maximum atomic E-state index is 13.6. The third kappa shape index (κ3) is 11.0. The van der Waals surface area contributed by atoms with Crippen molar-refractivity contribution in [3.63, 3.8) is 0 Å². The number of nitrogens with one attached hydrogen (secondary N) is 2. The topological polar surface area (TPSA) is 87.7 Å². The van der Waals surface area contributed by atoms with E-state index in [0.29, 0.717) is 11.5 Å². The van der Waals surface area contributed by atoms with E-state index in [1.54, 1.807) is 31.7 Å². The van der Waals surface area contributed by atoms with Gasteiger partial charge >= 0.3 is 6.09 Å². The minimum Gasteiger partial charge on any atom is -0.444 e. The Morgan fingerprint density at radius 2 is 1.69 bits per heavy atom. The van der Waals surface area contributed by atoms with Gasteiger partial charge in [0.25, 0.3) is 0 Å². The molecule has 196 valence electrons. The summed E-state index contributed by atoms with van der Waals surface area (Å²) < 4.78 is 5.28. The Morgan fingerprint density at radius 1 is 1.06 bits per heavy atom. The number of hydrogen-bond donors (Lipinski definition) is 2. The van der Waals surface area contributed by atoms with E-state index in [1.165, 1.54) is 0 Å². The zero-order valence-corrected chi connectivity index (χ0v) is 23.0. The summed E-state index contributed by atoms with van der Waals surface area (Å²) in [5, 5.41) is 5.59. The first kappa shape index (κ1) is 30.2. The SMILES string of the molecule is C=Cc1cccc(C(C(=O)NC(C)(C)C)N(C(=O)CNC(=O)OC(C)(C)C)C(C)CCC(C)C)c1. The van der Waals surface area contributed by atoms with Crippen molar-refractivity contribution in [3.05, 3.63) is 42.0 Å². The molecule has 2 unspecified atom stereocenters. The standard InChI is InChI=1S/C28H45N3O4/c1-11-21-13-12-14-22(17-21)24(25(33)30-27(5,6)7)31(20(4)16-15-19(2)3)23(32)18-29-26(34)35-28(8,9)10/h11-14,17,19-20,24H,1,15-16,18H2,2-10H3,(H,29,34)(H,30,33). The van der Waals surface area contributed by atoms with Crippen LogP contribution in [0.5, 0.6) is 0 Å². The van der Waals surface area contributed by atoms with Crippen LogP contribution in [0, 0.1) is 5.92 Å². The number of rotatable bonds is 10. The molecule has 7 heteroatoms. The van der Waals surface area contributed by atoms with Crippen LogP contribution in [0.2, 0.25) is 0 Å². The lowest BCUT2D eigenvalue weighted by Gasteiger charge is -2.38. The van der Waals surface area contributed by atoms with Gasteiger partial charge in [0.2, 0.25) is 11.8 Å². The van der Waals surface area contributed by atoms with Crippen LogP contribution in [0.3, 0.4) is 0 Å². The van der Waals surface area contributed by atoms with Crippen molar-refractivity contribution in [2.45, 2.75) is 98.4 Å². The molecule has 0 aliphatic heterocycles. The lowest BCUT2D eigenvalue weighted by Crippen LogP contribution is -2.53. The Hall–Kier alpha value is -2.83. The van der Waals surface area contributed by atoms with Gasteiger partial charge in [0.05, 0.1) is 0 Å². The van der Waals surface area contributed by atoms with Crippen molar-refractivity contribution < 1.29 is 19.1 Å². The van der Waals surface area contributed by atoms with Gasteiger partial charge in [0.15, 0.2) is 0 Å². The monoisotopic (exact) mass is 487 g/mol. The third-order valence-corrected chi connectivity index (χ3v) is 5.19. The molecule has 2 N–H and O–H groups in total. The zero-order valence-electron chi connectivity index (χ0n) is 23.0. The Bertz CT molecular complexity index is 881. The molecule has 0 radical (unpaired) electrons. The van der Waals surface area contributed by atoms with Gasteiger partial charge < -0.3 is 20.3 Å². The highest BCUT2D eigenvalue weighted by molar-refractivity contribution is 5.91. The molecule has 0 heterocycles. The van der Waals surface area contributed by atoms with Gasteiger partial charge in [-0.15, -0.1) is 0 Å². The highest BCUT2D eigenvalue weighted by Crippen LogP contribution is 2.28. The fraction of sp³-hybridized carbons (Fsp3) is 0.607. The molecule has 2 atom stereocenters. The van der Waals surface area contributed by atoms with Gasteiger partial charge in [-0.25, -0.2) is 4.79 Å². The Balaban J connectivity index is 3.43. The number of carbonyl (C=O) groups is 3. The lowest BCUT2D eigenvalue weighted by atomic mass is 9.96. The number of carbonyl (C=O) groups excluding carboxylic acids is 3. The van der Waals surface area contributed by atoms with Crippen molar-refractivity contribution in [1.82, 2.24) is 15.5 Å². The van der Waals surface area contributed by atoms with E-state index in [2.05, 4.69) is 31.1 Å². The van der Waals surface area contributed by atoms with E-state index in [1.807, 2.05) is 52.0 Å². The van der Waals surface area contributed by atoms with Crippen molar-refractivity contribution in [1.29, 1.82) is 0 Å². The molecular weight excluding hydrogens is 442 g/mol. The van der Waals surface area contributed by atoms with Crippen LogP contribution in [0.4, 0.5) is 4.79 Å². The number of benzene rings is 1. The summed E-state index contributed by atoms with van der Waals surface area (Å²) in [6.45, 7) is 20.7. The van der Waals surface area contributed by atoms with Crippen molar-refractivity contribution in [3.8, 4) is 0 Å². The molecule has 1 aromatic carbocycles. The smallest absolute Gasteiger partial charge is 0.408 e. The molecule has 0 saturated heterocycles. The molecule has 7 nitrogen and oxygen atoms in total. The van der Waals surface area contributed by atoms with Crippen LogP contribution in [0.25, 0.3) is 6.08 Å². The molecule has 1 aromatic rings. The van der Waals surface area contributed by atoms with Gasteiger partial charge in [-0.3, -0.25) is 9.59 Å². The van der Waals surface area contributed by atoms with Crippen molar-refractivity contribution in [2.75, 3.05) is 6.54 Å². The Morgan fingerprint density at radius 3 is 2.20 bits per heavy atom. The van der Waals surface area contributed by atoms with Crippen molar-refractivity contribution in [2.24, 2.45) is 5.92 Å². The van der Waals surface area contributed by atoms with Gasteiger partial charge in [-0.2, -0.15) is 0 Å². The summed E-state index contributed by atoms with van der Waals surface area (Å²) in [6, 6.07) is 6.35. The second kappa shape index (κ2) is 12.8. The van der Waals surface area contributed by atoms with E-state index in [-0.39, 0.29) is 24.4 Å². The number of amides is 3. The molecule has 0 saturated carbocycles. The predicted molar refractivity (Wildman–Crippen MR) is 142 cm³/mol. The average molecular weight is 488 g/mol. The fourth-order valence-electron chi connectivity index (χ4n) is 3.64. The van der Waals surface area contributed by atoms with E-state index in [4.69, 9.17) is 4.74 Å². The summed E-state index contributed by atoms with van der Waals surface area (Å²) in [5.41, 5.74) is 0.365. The van der Waals surface area contributed by atoms with E-state index >= 15 is 0 Å². The first-order valence-electron chi connectivity index (χ1n) is 12.4. The maximum Gasteiger partial charge on any atom is 0.408 e. The van der Waals surface area contributed by atoms with Gasteiger partial charge in [0, 0.05) is 11.6 Å². The number of nitrogens with zero attached hydrogens (tertiary/aromatic N) is 1. The summed E-state index contributed by atoms with van der Waals surface area (Å²) in [4.78, 5) is 41.0. The van der Waals surface area contributed by atoms with Crippen molar-refractivity contribution >= 4 is 24.0 Å². The van der Waals surface area contributed by atoms with Gasteiger partial charge in [-0.05, 0) is 84.4 Å². The van der Waals surface area contributed by atoms with Crippen LogP contribution in [0.15, 0.2) is 30.8 Å². The zero-order chi connectivity index (χ0) is 27.0. The minimum absolute atomic E-state index is 0.242. The molecule has 3 amide bonds. The summed E-state index contributed by atoms with van der Waals surface area (Å²) in [5.74, 6) is -0.189. The fourth-order valence-corrected chi connectivity index (χ4v) is 3.64. The van der Waals surface area contributed by atoms with Crippen LogP contribution in [-0.2, 0) is 14.3 Å². The highest BCUT2D eigenvalue weighted by atomic mass is 16.6. The maximum absolute atomic E-state index is 13.6. The minimum atomic E-state index is -0.871. The molecule has 0 aliphatic carbocycles. The third-order valence-electron chi connectivity index (χ3n) is 5.19. The van der Waals surface area contributed by atoms with Crippen LogP contribution in [-0.4, -0.2) is 46.5 Å². The second-order valence-corrected chi connectivity index (χ2v) is 11.5. The molecule has 0 bridgehead atoms. The molecule has 0 fully saturated rings. The first-order valence-corrected chi connectivity index (χ1v) is 12.4. The van der Waals surface area contributed by atoms with E-state index in [0.717, 1.165) is 18.4 Å².